The third-order valence-electron chi connectivity index (χ3n) is 6.86. The zero-order valence-electron chi connectivity index (χ0n) is 21.0. The van der Waals surface area contributed by atoms with Crippen LogP contribution in [0, 0.1) is 5.92 Å². The van der Waals surface area contributed by atoms with E-state index in [0.29, 0.717) is 6.42 Å². The molecule has 4 rings (SSSR count). The maximum atomic E-state index is 12.9. The Hall–Kier alpha value is -3.40. The maximum absolute atomic E-state index is 12.9. The van der Waals surface area contributed by atoms with Crippen molar-refractivity contribution in [3.63, 3.8) is 0 Å². The summed E-state index contributed by atoms with van der Waals surface area (Å²) in [6.07, 6.45) is 0.970. The van der Waals surface area contributed by atoms with Crippen LogP contribution in [0.2, 0.25) is 0 Å². The first-order valence-electron chi connectivity index (χ1n) is 12.3. The molecule has 35 heavy (non-hydrogen) atoms. The third-order valence-corrected chi connectivity index (χ3v) is 6.86. The van der Waals surface area contributed by atoms with Gasteiger partial charge in [0.05, 0.1) is 7.11 Å². The molecule has 0 saturated carbocycles. The number of methoxy groups -OCH3 is 1. The number of hydrogen-bond acceptors (Lipinski definition) is 4. The van der Waals surface area contributed by atoms with E-state index in [1.54, 1.807) is 0 Å². The van der Waals surface area contributed by atoms with Gasteiger partial charge in [-0.2, -0.15) is 0 Å². The van der Waals surface area contributed by atoms with E-state index in [9.17, 15) is 9.59 Å². The maximum Gasteiger partial charge on any atom is 0.306 e. The Kier molecular flexibility index (Phi) is 7.39. The van der Waals surface area contributed by atoms with Crippen LogP contribution in [-0.4, -0.2) is 25.7 Å². The summed E-state index contributed by atoms with van der Waals surface area (Å²) in [5, 5.41) is 0. The van der Waals surface area contributed by atoms with Crippen LogP contribution in [0.3, 0.4) is 0 Å². The molecule has 182 valence electrons. The van der Waals surface area contributed by atoms with Crippen molar-refractivity contribution in [3.05, 3.63) is 95.1 Å². The molecule has 1 aliphatic carbocycles. The van der Waals surface area contributed by atoms with E-state index in [4.69, 9.17) is 9.47 Å². The lowest BCUT2D eigenvalue weighted by Crippen LogP contribution is -2.20. The molecule has 0 aromatic heterocycles. The second-order valence-corrected chi connectivity index (χ2v) is 10.4. The molecule has 0 amide bonds. The van der Waals surface area contributed by atoms with Gasteiger partial charge < -0.3 is 9.47 Å². The first-order chi connectivity index (χ1) is 16.8. The molecule has 4 heteroatoms. The predicted molar refractivity (Wildman–Crippen MR) is 138 cm³/mol. The fraction of sp³-hybridized carbons (Fsp3) is 0.355. The summed E-state index contributed by atoms with van der Waals surface area (Å²) in [5.41, 5.74) is 7.20. The molecule has 0 radical (unpaired) electrons. The van der Waals surface area contributed by atoms with Gasteiger partial charge in [-0.25, -0.2) is 0 Å². The number of rotatable bonds is 8. The molecule has 0 bridgehead atoms. The second-order valence-electron chi connectivity index (χ2n) is 10.4. The van der Waals surface area contributed by atoms with E-state index >= 15 is 0 Å². The van der Waals surface area contributed by atoms with Gasteiger partial charge in [-0.1, -0.05) is 93.6 Å². The van der Waals surface area contributed by atoms with Crippen LogP contribution in [0.4, 0.5) is 0 Å². The highest BCUT2D eigenvalue weighted by atomic mass is 16.5. The monoisotopic (exact) mass is 470 g/mol. The summed E-state index contributed by atoms with van der Waals surface area (Å²) < 4.78 is 10.7. The molecule has 1 aliphatic rings. The number of carbonyl (C=O) groups excluding carboxylic acids is 2. The average Bonchev–Trinajstić information content (AvgIpc) is 3.16. The Morgan fingerprint density at radius 1 is 0.800 bits per heavy atom. The third kappa shape index (κ3) is 5.82. The zero-order chi connectivity index (χ0) is 25.0. The van der Waals surface area contributed by atoms with Crippen LogP contribution in [0.15, 0.2) is 72.8 Å². The SMILES string of the molecule is COC(=O)C[C@H](CC(=O)OCC1c2ccccc2-c2ccccc21)Cc1ccc(C(C)(C)C)cc1. The summed E-state index contributed by atoms with van der Waals surface area (Å²) >= 11 is 0. The molecule has 3 aromatic carbocycles. The first-order valence-corrected chi connectivity index (χ1v) is 12.3. The Morgan fingerprint density at radius 3 is 1.89 bits per heavy atom. The molecule has 0 aliphatic heterocycles. The highest BCUT2D eigenvalue weighted by Gasteiger charge is 2.29. The van der Waals surface area contributed by atoms with E-state index in [2.05, 4.69) is 69.3 Å². The predicted octanol–water partition coefficient (Wildman–Crippen LogP) is 6.45. The molecule has 0 N–H and O–H groups in total. The topological polar surface area (TPSA) is 52.6 Å². The van der Waals surface area contributed by atoms with E-state index in [-0.39, 0.29) is 48.6 Å². The van der Waals surface area contributed by atoms with E-state index in [1.165, 1.54) is 34.9 Å². The Morgan fingerprint density at radius 2 is 1.34 bits per heavy atom. The zero-order valence-corrected chi connectivity index (χ0v) is 21.0. The lowest BCUT2D eigenvalue weighted by Gasteiger charge is -2.20. The molecule has 0 spiro atoms. The second kappa shape index (κ2) is 10.5. The molecule has 4 nitrogen and oxygen atoms in total. The van der Waals surface area contributed by atoms with Crippen molar-refractivity contribution in [2.45, 2.75) is 51.4 Å². The normalized spacial score (nSPS) is 13.6. The van der Waals surface area contributed by atoms with Gasteiger partial charge in [0.25, 0.3) is 0 Å². The van der Waals surface area contributed by atoms with Crippen LogP contribution >= 0.6 is 0 Å². The van der Waals surface area contributed by atoms with Gasteiger partial charge in [-0.05, 0) is 51.1 Å². The van der Waals surface area contributed by atoms with Crippen LogP contribution in [0.25, 0.3) is 11.1 Å². The lowest BCUT2D eigenvalue weighted by molar-refractivity contribution is -0.146. The Bertz CT molecular complexity index is 1140. The number of carbonyl (C=O) groups is 2. The molecule has 0 heterocycles. The van der Waals surface area contributed by atoms with Crippen molar-refractivity contribution in [2.24, 2.45) is 5.92 Å². The van der Waals surface area contributed by atoms with Gasteiger partial charge in [0.1, 0.15) is 6.61 Å². The van der Waals surface area contributed by atoms with Crippen molar-refractivity contribution in [3.8, 4) is 11.1 Å². The number of fused-ring (bicyclic) bond motifs is 3. The number of hydrogen-bond donors (Lipinski definition) is 0. The summed E-state index contributed by atoms with van der Waals surface area (Å²) in [6, 6.07) is 25.0. The minimum absolute atomic E-state index is 0.0235. The summed E-state index contributed by atoms with van der Waals surface area (Å²) in [5.74, 6) is -0.756. The minimum atomic E-state index is -0.312. The molecule has 1 atom stereocenters. The Labute approximate surface area is 208 Å². The fourth-order valence-corrected chi connectivity index (χ4v) is 4.92. The van der Waals surface area contributed by atoms with Crippen molar-refractivity contribution >= 4 is 11.9 Å². The molecule has 0 fully saturated rings. The minimum Gasteiger partial charge on any atom is -0.469 e. The molecule has 0 unspecified atom stereocenters. The van der Waals surface area contributed by atoms with Gasteiger partial charge in [-0.3, -0.25) is 9.59 Å². The molecular weight excluding hydrogens is 436 g/mol. The van der Waals surface area contributed by atoms with Crippen molar-refractivity contribution in [1.82, 2.24) is 0 Å². The smallest absolute Gasteiger partial charge is 0.306 e. The summed E-state index contributed by atoms with van der Waals surface area (Å²) in [7, 11) is 1.38. The molecule has 3 aromatic rings. The average molecular weight is 471 g/mol. The Balaban J connectivity index is 1.43. The fourth-order valence-electron chi connectivity index (χ4n) is 4.92. The van der Waals surface area contributed by atoms with Gasteiger partial charge in [-0.15, -0.1) is 0 Å². The number of benzene rings is 3. The molecular formula is C31H34O4. The highest BCUT2D eigenvalue weighted by molar-refractivity contribution is 5.79. The van der Waals surface area contributed by atoms with E-state index < -0.39 is 0 Å². The van der Waals surface area contributed by atoms with Crippen molar-refractivity contribution in [2.75, 3.05) is 13.7 Å². The highest BCUT2D eigenvalue weighted by Crippen LogP contribution is 2.44. The van der Waals surface area contributed by atoms with Crippen molar-refractivity contribution in [1.29, 1.82) is 0 Å². The van der Waals surface area contributed by atoms with Gasteiger partial charge in [0, 0.05) is 18.8 Å². The van der Waals surface area contributed by atoms with Crippen LogP contribution in [0.1, 0.15) is 61.8 Å². The number of ether oxygens (including phenoxy) is 2. The van der Waals surface area contributed by atoms with Crippen LogP contribution in [0.5, 0.6) is 0 Å². The summed E-state index contributed by atoms with van der Waals surface area (Å²) in [4.78, 5) is 25.0. The molecule has 0 saturated heterocycles. The first kappa shape index (κ1) is 24.7. The van der Waals surface area contributed by atoms with Gasteiger partial charge in [0.15, 0.2) is 0 Å². The van der Waals surface area contributed by atoms with Crippen LogP contribution < -0.4 is 0 Å². The van der Waals surface area contributed by atoms with Crippen molar-refractivity contribution < 1.29 is 19.1 Å². The standard InChI is InChI=1S/C31H34O4/c1-31(2,3)23-15-13-21(14-16-23)17-22(18-29(32)34-4)19-30(33)35-20-28-26-11-7-5-9-24(26)25-10-6-8-12-27(25)28/h5-16,22,28H,17-20H2,1-4H3/t22-/m1/s1. The number of esters is 2. The largest absolute Gasteiger partial charge is 0.469 e. The van der Waals surface area contributed by atoms with Gasteiger partial charge >= 0.3 is 11.9 Å². The van der Waals surface area contributed by atoms with Crippen LogP contribution in [-0.2, 0) is 30.9 Å². The lowest BCUT2D eigenvalue weighted by atomic mass is 9.85. The van der Waals surface area contributed by atoms with Gasteiger partial charge in [0.2, 0.25) is 0 Å². The van der Waals surface area contributed by atoms with E-state index in [0.717, 1.165) is 5.56 Å². The summed E-state index contributed by atoms with van der Waals surface area (Å²) in [6.45, 7) is 6.83. The van der Waals surface area contributed by atoms with E-state index in [1.807, 2.05) is 24.3 Å². The quantitative estimate of drug-likeness (QED) is 0.355.